The lowest BCUT2D eigenvalue weighted by atomic mass is 9.91. The zero-order chi connectivity index (χ0) is 22.1. The Kier molecular flexibility index (Phi) is 6.00. The van der Waals surface area contributed by atoms with Gasteiger partial charge in [-0.3, -0.25) is 14.8 Å². The number of carbonyl (C=O) groups excluding carboxylic acids is 1. The van der Waals surface area contributed by atoms with Gasteiger partial charge in [0.25, 0.3) is 5.91 Å². The molecule has 4 heterocycles. The Morgan fingerprint density at radius 1 is 1.19 bits per heavy atom. The van der Waals surface area contributed by atoms with E-state index in [4.69, 9.17) is 4.98 Å². The number of likely N-dealkylation sites (tertiary alicyclic amines) is 1. The van der Waals surface area contributed by atoms with E-state index in [0.717, 1.165) is 67.9 Å². The van der Waals surface area contributed by atoms with Crippen LogP contribution in [0.3, 0.4) is 0 Å². The highest BCUT2D eigenvalue weighted by Crippen LogP contribution is 2.31. The van der Waals surface area contributed by atoms with Gasteiger partial charge in [-0.25, -0.2) is 4.98 Å². The fourth-order valence-electron chi connectivity index (χ4n) is 5.60. The van der Waals surface area contributed by atoms with Gasteiger partial charge >= 0.3 is 0 Å². The van der Waals surface area contributed by atoms with E-state index in [1.807, 2.05) is 18.0 Å². The number of aryl methyl sites for hydroxylation is 1. The number of hydrogen-bond donors (Lipinski definition) is 1. The fraction of sp³-hybridized carbons (Fsp3) is 0.560. The van der Waals surface area contributed by atoms with Crippen LogP contribution in [0.5, 0.6) is 0 Å². The van der Waals surface area contributed by atoms with Crippen molar-refractivity contribution in [3.8, 4) is 0 Å². The van der Waals surface area contributed by atoms with Crippen LogP contribution in [-0.4, -0.2) is 61.5 Å². The largest absolute Gasteiger partial charge is 0.339 e. The topological polar surface area (TPSA) is 69.5 Å². The summed E-state index contributed by atoms with van der Waals surface area (Å²) in [7, 11) is 1.97. The number of nitrogens with one attached hydrogen (secondary N) is 1. The molecule has 1 atom stereocenters. The molecule has 7 nitrogen and oxygen atoms in total. The molecule has 2 fully saturated rings. The molecule has 3 aromatic heterocycles. The highest BCUT2D eigenvalue weighted by Gasteiger charge is 2.30. The second-order valence-electron chi connectivity index (χ2n) is 9.55. The van der Waals surface area contributed by atoms with Crippen molar-refractivity contribution >= 4 is 11.6 Å². The van der Waals surface area contributed by atoms with E-state index in [-0.39, 0.29) is 5.91 Å². The molecule has 170 valence electrons. The Balaban J connectivity index is 1.31. The molecule has 1 saturated carbocycles. The van der Waals surface area contributed by atoms with E-state index in [2.05, 4.69) is 44.8 Å². The molecule has 1 N–H and O–H groups in total. The van der Waals surface area contributed by atoms with E-state index >= 15 is 0 Å². The molecule has 1 saturated heterocycles. The third kappa shape index (κ3) is 4.06. The molecule has 0 unspecified atom stereocenters. The summed E-state index contributed by atoms with van der Waals surface area (Å²) in [5.74, 6) is 0.417. The number of aromatic nitrogens is 4. The zero-order valence-corrected chi connectivity index (χ0v) is 19.3. The van der Waals surface area contributed by atoms with E-state index in [1.54, 1.807) is 6.20 Å². The standard InChI is InChI=1S/C25H34N6O/c1-18-22(31-14-7-6-12-23(31)27-18)17-30-13-8-9-19(16-30)24-21(15-26-28-24)25(32)29(2)20-10-4-3-5-11-20/h6-7,12,14-15,19-20H,3-5,8-11,13,16-17H2,1-2H3,(H,26,28)/t19-/m1/s1. The SMILES string of the molecule is Cc1nc2ccccn2c1CN1CCC[C@@H](c2[nH]ncc2C(=O)N(C)C2CCCCC2)C1. The molecule has 1 aliphatic heterocycles. The predicted molar refractivity (Wildman–Crippen MR) is 125 cm³/mol. The van der Waals surface area contributed by atoms with Crippen molar-refractivity contribution in [2.45, 2.75) is 70.4 Å². The van der Waals surface area contributed by atoms with Gasteiger partial charge in [0.2, 0.25) is 0 Å². The Bertz CT molecular complexity index is 1080. The van der Waals surface area contributed by atoms with Gasteiger partial charge in [0.05, 0.1) is 28.8 Å². The molecule has 0 bridgehead atoms. The zero-order valence-electron chi connectivity index (χ0n) is 19.3. The van der Waals surface area contributed by atoms with Gasteiger partial charge in [0, 0.05) is 38.3 Å². The summed E-state index contributed by atoms with van der Waals surface area (Å²) < 4.78 is 2.20. The molecule has 2 aliphatic rings. The van der Waals surface area contributed by atoms with Gasteiger partial charge in [-0.05, 0) is 51.3 Å². The Morgan fingerprint density at radius 2 is 2.03 bits per heavy atom. The maximum atomic E-state index is 13.3. The van der Waals surface area contributed by atoms with E-state index < -0.39 is 0 Å². The molecule has 1 aliphatic carbocycles. The molecule has 5 rings (SSSR count). The first-order valence-electron chi connectivity index (χ1n) is 12.1. The van der Waals surface area contributed by atoms with Crippen LogP contribution in [-0.2, 0) is 6.54 Å². The molecule has 0 spiro atoms. The molecule has 3 aromatic rings. The molecule has 7 heteroatoms. The summed E-state index contributed by atoms with van der Waals surface area (Å²) >= 11 is 0. The van der Waals surface area contributed by atoms with Crippen LogP contribution in [0, 0.1) is 6.92 Å². The second kappa shape index (κ2) is 9.06. The smallest absolute Gasteiger partial charge is 0.257 e. The maximum absolute atomic E-state index is 13.3. The van der Waals surface area contributed by atoms with Crippen molar-refractivity contribution in [3.63, 3.8) is 0 Å². The third-order valence-corrected chi connectivity index (χ3v) is 7.46. The second-order valence-corrected chi connectivity index (χ2v) is 9.55. The number of aromatic amines is 1. The van der Waals surface area contributed by atoms with Crippen molar-refractivity contribution in [1.82, 2.24) is 29.4 Å². The average Bonchev–Trinajstić information content (AvgIpc) is 3.44. The first-order chi connectivity index (χ1) is 15.6. The minimum atomic E-state index is 0.121. The average molecular weight is 435 g/mol. The molecular weight excluding hydrogens is 400 g/mol. The van der Waals surface area contributed by atoms with Crippen molar-refractivity contribution in [3.05, 3.63) is 53.2 Å². The molecule has 1 amide bonds. The fourth-order valence-corrected chi connectivity index (χ4v) is 5.60. The number of pyridine rings is 1. The van der Waals surface area contributed by atoms with Gasteiger partial charge in [-0.1, -0.05) is 25.3 Å². The van der Waals surface area contributed by atoms with Crippen LogP contribution in [0.2, 0.25) is 0 Å². The molecule has 32 heavy (non-hydrogen) atoms. The van der Waals surface area contributed by atoms with Crippen molar-refractivity contribution < 1.29 is 4.79 Å². The summed E-state index contributed by atoms with van der Waals surface area (Å²) in [5.41, 5.74) is 5.11. The minimum Gasteiger partial charge on any atom is -0.339 e. The first-order valence-corrected chi connectivity index (χ1v) is 12.1. The van der Waals surface area contributed by atoms with Crippen molar-refractivity contribution in [2.75, 3.05) is 20.1 Å². The lowest BCUT2D eigenvalue weighted by Crippen LogP contribution is -2.39. The normalized spacial score (nSPS) is 20.6. The minimum absolute atomic E-state index is 0.121. The Morgan fingerprint density at radius 3 is 2.88 bits per heavy atom. The lowest BCUT2D eigenvalue weighted by molar-refractivity contribution is 0.0693. The van der Waals surface area contributed by atoms with Gasteiger partial charge in [0.15, 0.2) is 0 Å². The number of nitrogens with zero attached hydrogens (tertiary/aromatic N) is 5. The third-order valence-electron chi connectivity index (χ3n) is 7.46. The van der Waals surface area contributed by atoms with Crippen LogP contribution in [0.15, 0.2) is 30.6 Å². The summed E-state index contributed by atoms with van der Waals surface area (Å²) in [5, 5.41) is 7.49. The van der Waals surface area contributed by atoms with E-state index in [9.17, 15) is 4.79 Å². The number of rotatable bonds is 5. The van der Waals surface area contributed by atoms with Gasteiger partial charge in [-0.2, -0.15) is 5.10 Å². The Labute approximate surface area is 189 Å². The van der Waals surface area contributed by atoms with Gasteiger partial charge in [0.1, 0.15) is 5.65 Å². The number of carbonyl (C=O) groups is 1. The number of imidazole rings is 1. The highest BCUT2D eigenvalue weighted by atomic mass is 16.2. The summed E-state index contributed by atoms with van der Waals surface area (Å²) in [6.45, 7) is 4.95. The van der Waals surface area contributed by atoms with Crippen LogP contribution in [0.1, 0.15) is 78.3 Å². The van der Waals surface area contributed by atoms with E-state index in [0.29, 0.717) is 12.0 Å². The molecular formula is C25H34N6O. The molecule has 0 aromatic carbocycles. The van der Waals surface area contributed by atoms with Crippen LogP contribution < -0.4 is 0 Å². The lowest BCUT2D eigenvalue weighted by Gasteiger charge is -2.34. The van der Waals surface area contributed by atoms with Crippen LogP contribution >= 0.6 is 0 Å². The summed E-state index contributed by atoms with van der Waals surface area (Å²) in [6.07, 6.45) is 12.0. The van der Waals surface area contributed by atoms with Crippen molar-refractivity contribution in [1.29, 1.82) is 0 Å². The number of hydrogen-bond acceptors (Lipinski definition) is 4. The summed E-state index contributed by atoms with van der Waals surface area (Å²) in [4.78, 5) is 22.5. The van der Waals surface area contributed by atoms with Crippen molar-refractivity contribution in [2.24, 2.45) is 0 Å². The van der Waals surface area contributed by atoms with E-state index in [1.165, 1.54) is 25.0 Å². The number of fused-ring (bicyclic) bond motifs is 1. The summed E-state index contributed by atoms with van der Waals surface area (Å²) in [6, 6.07) is 6.51. The predicted octanol–water partition coefficient (Wildman–Crippen LogP) is 4.15. The first kappa shape index (κ1) is 21.2. The highest BCUT2D eigenvalue weighted by molar-refractivity contribution is 5.95. The quantitative estimate of drug-likeness (QED) is 0.655. The van der Waals surface area contributed by atoms with Gasteiger partial charge in [-0.15, -0.1) is 0 Å². The Hall–Kier alpha value is -2.67. The monoisotopic (exact) mass is 434 g/mol. The number of amides is 1. The number of piperidine rings is 1. The van der Waals surface area contributed by atoms with Crippen LogP contribution in [0.25, 0.3) is 5.65 Å². The number of H-pyrrole nitrogens is 1. The van der Waals surface area contributed by atoms with Gasteiger partial charge < -0.3 is 9.30 Å². The molecule has 0 radical (unpaired) electrons. The maximum Gasteiger partial charge on any atom is 0.257 e. The van der Waals surface area contributed by atoms with Crippen LogP contribution in [0.4, 0.5) is 0 Å².